The molecule has 6 nitrogen and oxygen atoms in total. The molecule has 31 heavy (non-hydrogen) atoms. The Labute approximate surface area is 206 Å². The highest BCUT2D eigenvalue weighted by Crippen LogP contribution is 2.18. The fraction of sp³-hybridized carbons (Fsp3) is 0.708. The molecule has 0 aliphatic carbocycles. The van der Waals surface area contributed by atoms with Gasteiger partial charge in [0.15, 0.2) is 5.96 Å². The maximum Gasteiger partial charge on any atom is 0.193 e. The van der Waals surface area contributed by atoms with Crippen LogP contribution >= 0.6 is 24.0 Å². The van der Waals surface area contributed by atoms with Gasteiger partial charge in [-0.2, -0.15) is 0 Å². The first-order valence-electron chi connectivity index (χ1n) is 11.9. The third-order valence-corrected chi connectivity index (χ3v) is 6.30. The summed E-state index contributed by atoms with van der Waals surface area (Å²) < 4.78 is 5.48. The largest absolute Gasteiger partial charge is 0.381 e. The van der Waals surface area contributed by atoms with E-state index in [9.17, 15) is 0 Å². The highest BCUT2D eigenvalue weighted by molar-refractivity contribution is 14.0. The number of piperazine rings is 1. The van der Waals surface area contributed by atoms with E-state index in [1.807, 2.05) is 0 Å². The van der Waals surface area contributed by atoms with Crippen LogP contribution in [0.25, 0.3) is 0 Å². The van der Waals surface area contributed by atoms with Crippen LogP contribution in [0.15, 0.2) is 35.3 Å². The van der Waals surface area contributed by atoms with Crippen LogP contribution in [0.3, 0.4) is 0 Å². The minimum atomic E-state index is 0. The van der Waals surface area contributed by atoms with Crippen LogP contribution < -0.4 is 10.2 Å². The van der Waals surface area contributed by atoms with E-state index in [1.165, 1.54) is 24.9 Å². The van der Waals surface area contributed by atoms with Crippen molar-refractivity contribution in [1.82, 2.24) is 15.1 Å². The predicted molar refractivity (Wildman–Crippen MR) is 142 cm³/mol. The van der Waals surface area contributed by atoms with Crippen molar-refractivity contribution in [2.45, 2.75) is 32.6 Å². The van der Waals surface area contributed by atoms with E-state index in [4.69, 9.17) is 9.73 Å². The lowest BCUT2D eigenvalue weighted by atomic mass is 9.96. The summed E-state index contributed by atoms with van der Waals surface area (Å²) in [6.45, 7) is 12.5. The third-order valence-electron chi connectivity index (χ3n) is 6.30. The summed E-state index contributed by atoms with van der Waals surface area (Å²) in [7, 11) is 2.17. The molecule has 7 heteroatoms. The summed E-state index contributed by atoms with van der Waals surface area (Å²) in [6.07, 6.45) is 4.77. The number of hydrogen-bond acceptors (Lipinski definition) is 4. The number of aliphatic imine (C=N–C) groups is 1. The Hall–Kier alpha value is -1.06. The molecule has 2 aliphatic rings. The van der Waals surface area contributed by atoms with Crippen LogP contribution in [0.5, 0.6) is 0 Å². The van der Waals surface area contributed by atoms with E-state index in [0.717, 1.165) is 83.9 Å². The Bertz CT molecular complexity index is 616. The summed E-state index contributed by atoms with van der Waals surface area (Å²) in [5.74, 6) is 1.86. The average molecular weight is 544 g/mol. The summed E-state index contributed by atoms with van der Waals surface area (Å²) in [6, 6.07) is 10.8. The lowest BCUT2D eigenvalue weighted by Crippen LogP contribution is -2.46. The lowest BCUT2D eigenvalue weighted by Gasteiger charge is -2.36. The van der Waals surface area contributed by atoms with Gasteiger partial charge in [0.2, 0.25) is 0 Å². The van der Waals surface area contributed by atoms with E-state index in [-0.39, 0.29) is 24.0 Å². The van der Waals surface area contributed by atoms with Crippen molar-refractivity contribution in [3.8, 4) is 0 Å². The van der Waals surface area contributed by atoms with E-state index in [2.05, 4.69) is 64.3 Å². The number of nitrogens with one attached hydrogen (secondary N) is 1. The van der Waals surface area contributed by atoms with Crippen molar-refractivity contribution in [3.63, 3.8) is 0 Å². The van der Waals surface area contributed by atoms with Gasteiger partial charge in [0, 0.05) is 78.3 Å². The Morgan fingerprint density at radius 1 is 1.13 bits per heavy atom. The molecule has 0 amide bonds. The van der Waals surface area contributed by atoms with Crippen molar-refractivity contribution in [3.05, 3.63) is 30.3 Å². The van der Waals surface area contributed by atoms with Crippen molar-refractivity contribution in [2.75, 3.05) is 77.5 Å². The molecule has 0 radical (unpaired) electrons. The molecule has 0 aromatic heterocycles. The lowest BCUT2D eigenvalue weighted by molar-refractivity contribution is 0.0625. The molecule has 3 rings (SSSR count). The second-order valence-electron chi connectivity index (χ2n) is 8.52. The number of ether oxygens (including phenoxy) is 1. The number of halogens is 1. The van der Waals surface area contributed by atoms with Crippen molar-refractivity contribution < 1.29 is 4.74 Å². The Kier molecular flexibility index (Phi) is 12.6. The summed E-state index contributed by atoms with van der Waals surface area (Å²) in [5, 5.41) is 3.46. The fourth-order valence-electron chi connectivity index (χ4n) is 4.33. The highest BCUT2D eigenvalue weighted by atomic mass is 127. The quantitative estimate of drug-likeness (QED) is 0.224. The van der Waals surface area contributed by atoms with E-state index in [1.54, 1.807) is 0 Å². The molecule has 0 unspecified atom stereocenters. The van der Waals surface area contributed by atoms with Crippen LogP contribution in [0, 0.1) is 5.92 Å². The number of benzene rings is 1. The van der Waals surface area contributed by atoms with Gasteiger partial charge in [0.25, 0.3) is 0 Å². The standard InChI is InChI=1S/C24H41N5O.HI/c1-3-25-24(27(2)15-10-22-11-20-30-21-12-22)26-13-7-14-28-16-18-29(19-17-28)23-8-5-4-6-9-23;/h4-6,8-9,22H,3,7,10-21H2,1-2H3,(H,25,26);1H. The van der Waals surface area contributed by atoms with Gasteiger partial charge in [-0.1, -0.05) is 18.2 Å². The molecular weight excluding hydrogens is 501 g/mol. The molecule has 176 valence electrons. The summed E-state index contributed by atoms with van der Waals surface area (Å²) in [4.78, 5) is 12.3. The van der Waals surface area contributed by atoms with Gasteiger partial charge in [-0.05, 0) is 50.7 Å². The zero-order valence-electron chi connectivity index (χ0n) is 19.5. The fourth-order valence-corrected chi connectivity index (χ4v) is 4.33. The minimum absolute atomic E-state index is 0. The molecule has 1 N–H and O–H groups in total. The molecule has 0 saturated carbocycles. The molecule has 2 heterocycles. The van der Waals surface area contributed by atoms with Crippen molar-refractivity contribution in [2.24, 2.45) is 10.9 Å². The molecule has 1 aromatic rings. The summed E-state index contributed by atoms with van der Waals surface area (Å²) in [5.41, 5.74) is 1.35. The number of hydrogen-bond donors (Lipinski definition) is 1. The molecule has 0 spiro atoms. The Balaban J connectivity index is 0.00000341. The van der Waals surface area contributed by atoms with Crippen molar-refractivity contribution in [1.29, 1.82) is 0 Å². The van der Waals surface area contributed by atoms with E-state index < -0.39 is 0 Å². The number of para-hydroxylation sites is 1. The van der Waals surface area contributed by atoms with Crippen LogP contribution in [0.4, 0.5) is 5.69 Å². The van der Waals surface area contributed by atoms with Gasteiger partial charge in [0.05, 0.1) is 0 Å². The predicted octanol–water partition coefficient (Wildman–Crippen LogP) is 3.53. The van der Waals surface area contributed by atoms with Crippen LogP contribution in [0.2, 0.25) is 0 Å². The van der Waals surface area contributed by atoms with E-state index >= 15 is 0 Å². The minimum Gasteiger partial charge on any atom is -0.381 e. The first kappa shape index (κ1) is 26.2. The highest BCUT2D eigenvalue weighted by Gasteiger charge is 2.17. The van der Waals surface area contributed by atoms with Crippen LogP contribution in [-0.4, -0.2) is 88.4 Å². The molecule has 0 atom stereocenters. The first-order valence-corrected chi connectivity index (χ1v) is 11.9. The second-order valence-corrected chi connectivity index (χ2v) is 8.52. The Morgan fingerprint density at radius 2 is 1.84 bits per heavy atom. The summed E-state index contributed by atoms with van der Waals surface area (Å²) >= 11 is 0. The topological polar surface area (TPSA) is 43.3 Å². The number of anilines is 1. The Morgan fingerprint density at radius 3 is 2.52 bits per heavy atom. The van der Waals surface area contributed by atoms with Crippen LogP contribution in [-0.2, 0) is 4.74 Å². The zero-order valence-corrected chi connectivity index (χ0v) is 21.8. The number of nitrogens with zero attached hydrogens (tertiary/aromatic N) is 4. The number of rotatable bonds is 9. The third kappa shape index (κ3) is 9.14. The van der Waals surface area contributed by atoms with Gasteiger partial charge >= 0.3 is 0 Å². The van der Waals surface area contributed by atoms with E-state index in [0.29, 0.717) is 0 Å². The maximum atomic E-state index is 5.48. The first-order chi connectivity index (χ1) is 14.8. The van der Waals surface area contributed by atoms with Gasteiger partial charge < -0.3 is 19.9 Å². The van der Waals surface area contributed by atoms with Crippen molar-refractivity contribution >= 4 is 35.6 Å². The smallest absolute Gasteiger partial charge is 0.193 e. The van der Waals surface area contributed by atoms with Crippen LogP contribution in [0.1, 0.15) is 32.6 Å². The SMILES string of the molecule is CCNC(=NCCCN1CCN(c2ccccc2)CC1)N(C)CCC1CCOCC1.I. The van der Waals surface area contributed by atoms with Gasteiger partial charge in [-0.15, -0.1) is 24.0 Å². The normalized spacial score (nSPS) is 18.5. The molecule has 2 aliphatic heterocycles. The molecule has 1 aromatic carbocycles. The molecule has 2 fully saturated rings. The number of guanidine groups is 1. The van der Waals surface area contributed by atoms with Gasteiger partial charge in [0.1, 0.15) is 0 Å². The second kappa shape index (κ2) is 14.9. The monoisotopic (exact) mass is 543 g/mol. The maximum absolute atomic E-state index is 5.48. The molecule has 0 bridgehead atoms. The molecular formula is C24H42IN5O. The average Bonchev–Trinajstić information content (AvgIpc) is 2.81. The van der Waals surface area contributed by atoms with Gasteiger partial charge in [-0.3, -0.25) is 9.89 Å². The zero-order chi connectivity index (χ0) is 21.0. The van der Waals surface area contributed by atoms with Gasteiger partial charge in [-0.25, -0.2) is 0 Å². The molecule has 2 saturated heterocycles.